The molecule has 2 saturated heterocycles. The highest BCUT2D eigenvalue weighted by atomic mass is 79.9. The number of benzene rings is 2. The summed E-state index contributed by atoms with van der Waals surface area (Å²) in [5, 5.41) is 21.1. The Labute approximate surface area is 231 Å². The SMILES string of the molecule is Cc1c(Br)cccc1OCCCl.Cc1c(Br)cccc1OCCN1CC[C@H](O)C1.O[C@H]1CCNC1. The van der Waals surface area contributed by atoms with E-state index >= 15 is 0 Å². The van der Waals surface area contributed by atoms with Gasteiger partial charge in [-0.25, -0.2) is 0 Å². The average molecular weight is 637 g/mol. The number of nitrogens with zero attached hydrogens (tertiary/aromatic N) is 1. The molecule has 2 heterocycles. The van der Waals surface area contributed by atoms with Gasteiger partial charge < -0.3 is 25.0 Å². The summed E-state index contributed by atoms with van der Waals surface area (Å²) in [6.45, 7) is 9.68. The number of likely N-dealkylation sites (tertiary alicyclic amines) is 1. The molecule has 6 nitrogen and oxygen atoms in total. The predicted octanol–water partition coefficient (Wildman–Crippen LogP) is 4.92. The van der Waals surface area contributed by atoms with Crippen LogP contribution in [0.15, 0.2) is 45.3 Å². The van der Waals surface area contributed by atoms with Crippen LogP contribution in [-0.4, -0.2) is 79.1 Å². The Morgan fingerprint density at radius 3 is 1.97 bits per heavy atom. The molecule has 0 unspecified atom stereocenters. The first-order valence-corrected chi connectivity index (χ1v) is 14.0. The van der Waals surface area contributed by atoms with Crippen molar-refractivity contribution in [3.05, 3.63) is 56.5 Å². The molecule has 2 aromatic carbocycles. The number of hydrogen-bond acceptors (Lipinski definition) is 6. The summed E-state index contributed by atoms with van der Waals surface area (Å²) < 4.78 is 13.3. The van der Waals surface area contributed by atoms with Crippen LogP contribution >= 0.6 is 43.5 Å². The molecule has 2 aliphatic heterocycles. The van der Waals surface area contributed by atoms with Crippen LogP contribution in [-0.2, 0) is 0 Å². The van der Waals surface area contributed by atoms with Crippen LogP contribution in [0.2, 0.25) is 0 Å². The fourth-order valence-electron chi connectivity index (χ4n) is 3.58. The van der Waals surface area contributed by atoms with E-state index in [-0.39, 0.29) is 12.2 Å². The maximum absolute atomic E-state index is 9.41. The van der Waals surface area contributed by atoms with Gasteiger partial charge in [0, 0.05) is 46.3 Å². The average Bonchev–Trinajstić information content (AvgIpc) is 3.49. The number of halogens is 3. The second-order valence-electron chi connectivity index (χ2n) is 8.50. The molecule has 196 valence electrons. The summed E-state index contributed by atoms with van der Waals surface area (Å²) in [5.41, 5.74) is 2.25. The van der Waals surface area contributed by atoms with Crippen molar-refractivity contribution in [2.75, 3.05) is 51.8 Å². The molecule has 0 radical (unpaired) electrons. The monoisotopic (exact) mass is 634 g/mol. The molecule has 2 atom stereocenters. The van der Waals surface area contributed by atoms with Gasteiger partial charge in [-0.2, -0.15) is 0 Å². The number of alkyl halides is 1. The molecule has 9 heteroatoms. The third-order valence-electron chi connectivity index (χ3n) is 5.72. The van der Waals surface area contributed by atoms with Gasteiger partial charge in [-0.1, -0.05) is 44.0 Å². The summed E-state index contributed by atoms with van der Waals surface area (Å²) in [6, 6.07) is 11.8. The molecular formula is C26H37Br2ClN2O4. The van der Waals surface area contributed by atoms with Gasteiger partial charge in [0.1, 0.15) is 24.7 Å². The topological polar surface area (TPSA) is 74.2 Å². The van der Waals surface area contributed by atoms with Gasteiger partial charge in [-0.05, 0) is 57.5 Å². The van der Waals surface area contributed by atoms with Crippen molar-refractivity contribution in [3.8, 4) is 11.5 Å². The Kier molecular flexibility index (Phi) is 14.6. The molecule has 0 aliphatic carbocycles. The fourth-order valence-corrected chi connectivity index (χ4v) is 4.35. The third-order valence-corrected chi connectivity index (χ3v) is 7.59. The molecule has 3 N–H and O–H groups in total. The predicted molar refractivity (Wildman–Crippen MR) is 150 cm³/mol. The van der Waals surface area contributed by atoms with Crippen molar-refractivity contribution >= 4 is 43.5 Å². The van der Waals surface area contributed by atoms with E-state index in [1.807, 2.05) is 50.2 Å². The first-order chi connectivity index (χ1) is 16.8. The number of rotatable bonds is 7. The van der Waals surface area contributed by atoms with E-state index in [9.17, 15) is 5.11 Å². The molecule has 4 rings (SSSR count). The molecule has 2 aliphatic rings. The van der Waals surface area contributed by atoms with Gasteiger partial charge in [-0.3, -0.25) is 4.90 Å². The summed E-state index contributed by atoms with van der Waals surface area (Å²) in [4.78, 5) is 2.23. The number of aliphatic hydroxyl groups excluding tert-OH is 2. The molecule has 35 heavy (non-hydrogen) atoms. The molecular weight excluding hydrogens is 600 g/mol. The minimum absolute atomic E-state index is 0.0648. The number of aliphatic hydroxyl groups is 2. The van der Waals surface area contributed by atoms with Gasteiger partial charge in [0.15, 0.2) is 0 Å². The van der Waals surface area contributed by atoms with E-state index in [0.29, 0.717) is 19.1 Å². The summed E-state index contributed by atoms with van der Waals surface area (Å²) in [5.74, 6) is 2.34. The lowest BCUT2D eigenvalue weighted by Gasteiger charge is -2.16. The van der Waals surface area contributed by atoms with Crippen molar-refractivity contribution in [2.45, 2.75) is 38.9 Å². The van der Waals surface area contributed by atoms with E-state index in [2.05, 4.69) is 42.1 Å². The molecule has 0 spiro atoms. The lowest BCUT2D eigenvalue weighted by atomic mass is 10.2. The molecule has 0 amide bonds. The third kappa shape index (κ3) is 11.4. The second kappa shape index (κ2) is 16.8. The highest BCUT2D eigenvalue weighted by molar-refractivity contribution is 9.10. The molecule has 2 fully saturated rings. The lowest BCUT2D eigenvalue weighted by molar-refractivity contribution is 0.167. The van der Waals surface area contributed by atoms with Gasteiger partial charge in [0.25, 0.3) is 0 Å². The standard InChI is InChI=1S/C13H18BrNO2.C9H10BrClO.C4H9NO/c1-10-12(14)3-2-4-13(10)17-8-7-15-6-5-11(16)9-15;1-7-8(10)3-2-4-9(7)12-6-5-11;6-4-1-2-5-3-4/h2-4,11,16H,5-9H2,1H3;2-4H,5-6H2,1H3;4-6H,1-3H2/t11-;;4-/m0.0/s1. The van der Waals surface area contributed by atoms with Crippen LogP contribution in [0.3, 0.4) is 0 Å². The van der Waals surface area contributed by atoms with E-state index in [1.54, 1.807) is 0 Å². The summed E-state index contributed by atoms with van der Waals surface area (Å²) in [7, 11) is 0. The van der Waals surface area contributed by atoms with E-state index in [4.69, 9.17) is 26.2 Å². The van der Waals surface area contributed by atoms with Crippen molar-refractivity contribution in [1.29, 1.82) is 0 Å². The summed E-state index contributed by atoms with van der Waals surface area (Å²) >= 11 is 12.4. The maximum Gasteiger partial charge on any atom is 0.123 e. The highest BCUT2D eigenvalue weighted by Crippen LogP contribution is 2.26. The first-order valence-electron chi connectivity index (χ1n) is 11.9. The Balaban J connectivity index is 0.000000207. The van der Waals surface area contributed by atoms with Gasteiger partial charge in [0.2, 0.25) is 0 Å². The quantitative estimate of drug-likeness (QED) is 0.375. The Bertz CT molecular complexity index is 884. The van der Waals surface area contributed by atoms with Gasteiger partial charge >= 0.3 is 0 Å². The van der Waals surface area contributed by atoms with E-state index in [1.165, 1.54) is 0 Å². The number of ether oxygens (including phenoxy) is 2. The smallest absolute Gasteiger partial charge is 0.123 e. The zero-order chi connectivity index (χ0) is 25.6. The minimum Gasteiger partial charge on any atom is -0.492 e. The van der Waals surface area contributed by atoms with Crippen LogP contribution in [0.25, 0.3) is 0 Å². The fraction of sp³-hybridized carbons (Fsp3) is 0.538. The van der Waals surface area contributed by atoms with Crippen LogP contribution < -0.4 is 14.8 Å². The van der Waals surface area contributed by atoms with Crippen molar-refractivity contribution in [2.24, 2.45) is 0 Å². The molecule has 2 aromatic rings. The zero-order valence-corrected chi connectivity index (χ0v) is 24.4. The second-order valence-corrected chi connectivity index (χ2v) is 10.6. The molecule has 0 aromatic heterocycles. The highest BCUT2D eigenvalue weighted by Gasteiger charge is 2.19. The zero-order valence-electron chi connectivity index (χ0n) is 20.5. The van der Waals surface area contributed by atoms with Crippen molar-refractivity contribution in [3.63, 3.8) is 0 Å². The van der Waals surface area contributed by atoms with Crippen molar-refractivity contribution in [1.82, 2.24) is 10.2 Å². The van der Waals surface area contributed by atoms with Crippen LogP contribution in [0.5, 0.6) is 11.5 Å². The van der Waals surface area contributed by atoms with Gasteiger partial charge in [-0.15, -0.1) is 11.6 Å². The van der Waals surface area contributed by atoms with Gasteiger partial charge in [0.05, 0.1) is 18.1 Å². The van der Waals surface area contributed by atoms with E-state index < -0.39 is 0 Å². The Morgan fingerprint density at radius 1 is 0.943 bits per heavy atom. The van der Waals surface area contributed by atoms with Crippen LogP contribution in [0.1, 0.15) is 24.0 Å². The maximum atomic E-state index is 9.41. The lowest BCUT2D eigenvalue weighted by Crippen LogP contribution is -2.27. The Morgan fingerprint density at radius 2 is 1.54 bits per heavy atom. The number of β-amino-alcohol motifs (C(OH)–C–C–N with tert-alkyl or cyclic N) is 2. The Hall–Kier alpha value is -0.870. The number of nitrogens with one attached hydrogen (secondary N) is 1. The largest absolute Gasteiger partial charge is 0.492 e. The van der Waals surface area contributed by atoms with E-state index in [0.717, 1.165) is 77.1 Å². The normalized spacial score (nSPS) is 19.4. The van der Waals surface area contributed by atoms with Crippen LogP contribution in [0, 0.1) is 13.8 Å². The number of hydrogen-bond donors (Lipinski definition) is 3. The first kappa shape index (κ1) is 30.4. The molecule has 0 bridgehead atoms. The van der Waals surface area contributed by atoms with Crippen LogP contribution in [0.4, 0.5) is 0 Å². The summed E-state index contributed by atoms with van der Waals surface area (Å²) in [6.07, 6.45) is 1.60. The van der Waals surface area contributed by atoms with Crippen molar-refractivity contribution < 1.29 is 19.7 Å². The minimum atomic E-state index is -0.150. The molecule has 0 saturated carbocycles.